The van der Waals surface area contributed by atoms with Crippen molar-refractivity contribution in [3.8, 4) is 0 Å². The first-order valence-electron chi connectivity index (χ1n) is 6.23. The van der Waals surface area contributed by atoms with Crippen molar-refractivity contribution in [2.24, 2.45) is 5.73 Å². The lowest BCUT2D eigenvalue weighted by Crippen LogP contribution is -2.61. The fourth-order valence-corrected chi connectivity index (χ4v) is 2.28. The number of piperazine rings is 1. The highest BCUT2D eigenvalue weighted by Crippen LogP contribution is 2.19. The number of carbonyl (C=O) groups excluding carboxylic acids is 1. The number of rotatable bonds is 3. The summed E-state index contributed by atoms with van der Waals surface area (Å²) < 4.78 is 0. The van der Waals surface area contributed by atoms with Gasteiger partial charge in [-0.3, -0.25) is 4.79 Å². The number of nitrogens with two attached hydrogens (primary N) is 1. The molecule has 0 radical (unpaired) electrons. The zero-order valence-corrected chi connectivity index (χ0v) is 11.0. The van der Waals surface area contributed by atoms with Gasteiger partial charge in [-0.25, -0.2) is 0 Å². The molecule has 2 N–H and O–H groups in total. The van der Waals surface area contributed by atoms with E-state index in [1.165, 1.54) is 0 Å². The van der Waals surface area contributed by atoms with E-state index in [0.29, 0.717) is 12.8 Å². The molecule has 1 heterocycles. The third kappa shape index (κ3) is 2.55. The van der Waals surface area contributed by atoms with Gasteiger partial charge >= 0.3 is 0 Å². The van der Waals surface area contributed by atoms with E-state index in [1.807, 2.05) is 18.7 Å². The molecule has 94 valence electrons. The van der Waals surface area contributed by atoms with E-state index in [-0.39, 0.29) is 11.9 Å². The van der Waals surface area contributed by atoms with Crippen molar-refractivity contribution in [2.75, 3.05) is 26.7 Å². The summed E-state index contributed by atoms with van der Waals surface area (Å²) >= 11 is 0. The molecule has 16 heavy (non-hydrogen) atoms. The van der Waals surface area contributed by atoms with Gasteiger partial charge in [-0.2, -0.15) is 0 Å². The van der Waals surface area contributed by atoms with Crippen LogP contribution in [0.1, 0.15) is 33.6 Å². The Kier molecular flexibility index (Phi) is 4.33. The summed E-state index contributed by atoms with van der Waals surface area (Å²) in [6, 6.07) is 0.271. The highest BCUT2D eigenvalue weighted by Gasteiger charge is 2.37. The van der Waals surface area contributed by atoms with Crippen LogP contribution in [-0.2, 0) is 4.79 Å². The number of hydrogen-bond donors (Lipinski definition) is 1. The van der Waals surface area contributed by atoms with Crippen molar-refractivity contribution in [1.29, 1.82) is 0 Å². The monoisotopic (exact) mass is 227 g/mol. The molecule has 4 nitrogen and oxygen atoms in total. The highest BCUT2D eigenvalue weighted by atomic mass is 16.2. The Hall–Kier alpha value is -0.610. The van der Waals surface area contributed by atoms with E-state index >= 15 is 0 Å². The van der Waals surface area contributed by atoms with E-state index in [0.717, 1.165) is 19.6 Å². The van der Waals surface area contributed by atoms with Gasteiger partial charge in [0, 0.05) is 25.7 Å². The van der Waals surface area contributed by atoms with Crippen molar-refractivity contribution in [2.45, 2.75) is 45.2 Å². The molecule has 0 aliphatic carbocycles. The van der Waals surface area contributed by atoms with Gasteiger partial charge in [0.15, 0.2) is 0 Å². The van der Waals surface area contributed by atoms with Gasteiger partial charge in [-0.05, 0) is 26.8 Å². The molecule has 1 aliphatic heterocycles. The topological polar surface area (TPSA) is 49.6 Å². The van der Waals surface area contributed by atoms with Crippen LogP contribution in [0.25, 0.3) is 0 Å². The van der Waals surface area contributed by atoms with Gasteiger partial charge in [0.25, 0.3) is 0 Å². The minimum atomic E-state index is -0.663. The summed E-state index contributed by atoms with van der Waals surface area (Å²) in [7, 11) is 2.09. The van der Waals surface area contributed by atoms with Gasteiger partial charge in [0.1, 0.15) is 0 Å². The molecule has 0 spiro atoms. The Morgan fingerprint density at radius 3 is 2.38 bits per heavy atom. The molecule has 0 aromatic rings. The Morgan fingerprint density at radius 1 is 1.38 bits per heavy atom. The quantitative estimate of drug-likeness (QED) is 0.771. The molecule has 1 aliphatic rings. The van der Waals surface area contributed by atoms with Gasteiger partial charge in [0.2, 0.25) is 5.91 Å². The maximum Gasteiger partial charge on any atom is 0.242 e. The van der Waals surface area contributed by atoms with Crippen molar-refractivity contribution in [1.82, 2.24) is 9.80 Å². The van der Waals surface area contributed by atoms with Crippen molar-refractivity contribution >= 4 is 5.91 Å². The maximum absolute atomic E-state index is 12.4. The summed E-state index contributed by atoms with van der Waals surface area (Å²) in [5, 5.41) is 0. The minimum absolute atomic E-state index is 0.123. The molecule has 1 unspecified atom stereocenters. The fraction of sp³-hybridized carbons (Fsp3) is 0.917. The van der Waals surface area contributed by atoms with E-state index < -0.39 is 5.54 Å². The third-order valence-electron chi connectivity index (χ3n) is 3.78. The Morgan fingerprint density at radius 2 is 1.94 bits per heavy atom. The van der Waals surface area contributed by atoms with E-state index in [4.69, 9.17) is 5.73 Å². The van der Waals surface area contributed by atoms with Crippen LogP contribution in [0, 0.1) is 0 Å². The predicted octanol–water partition coefficient (Wildman–Crippen LogP) is 0.666. The summed E-state index contributed by atoms with van der Waals surface area (Å²) in [6.45, 7) is 8.76. The number of amides is 1. The molecular weight excluding hydrogens is 202 g/mol. The first-order chi connectivity index (χ1) is 7.44. The molecule has 1 amide bonds. The van der Waals surface area contributed by atoms with Crippen LogP contribution in [0.3, 0.4) is 0 Å². The van der Waals surface area contributed by atoms with E-state index in [2.05, 4.69) is 18.9 Å². The van der Waals surface area contributed by atoms with Gasteiger partial charge in [-0.1, -0.05) is 13.8 Å². The molecule has 1 atom stereocenters. The molecule has 0 aromatic carbocycles. The molecule has 4 heteroatoms. The minimum Gasteiger partial charge on any atom is -0.336 e. The van der Waals surface area contributed by atoms with Gasteiger partial charge in [0.05, 0.1) is 5.54 Å². The standard InChI is InChI=1S/C12H25N3O/c1-5-12(13,6-2)11(16)15-8-7-14(4)9-10(15)3/h10H,5-9,13H2,1-4H3. The Balaban J connectivity index is 2.73. The smallest absolute Gasteiger partial charge is 0.242 e. The van der Waals surface area contributed by atoms with Crippen LogP contribution >= 0.6 is 0 Å². The van der Waals surface area contributed by atoms with Crippen LogP contribution < -0.4 is 5.73 Å². The lowest BCUT2D eigenvalue weighted by Gasteiger charge is -2.42. The van der Waals surface area contributed by atoms with Gasteiger partial charge < -0.3 is 15.5 Å². The number of likely N-dealkylation sites (N-methyl/N-ethyl adjacent to an activating group) is 1. The largest absolute Gasteiger partial charge is 0.336 e. The lowest BCUT2D eigenvalue weighted by molar-refractivity contribution is -0.141. The molecule has 0 bridgehead atoms. The number of nitrogens with zero attached hydrogens (tertiary/aromatic N) is 2. The fourth-order valence-electron chi connectivity index (χ4n) is 2.28. The molecular formula is C12H25N3O. The predicted molar refractivity (Wildman–Crippen MR) is 66.2 cm³/mol. The zero-order chi connectivity index (χ0) is 12.3. The van der Waals surface area contributed by atoms with Crippen molar-refractivity contribution in [3.63, 3.8) is 0 Å². The second-order valence-corrected chi connectivity index (χ2v) is 4.97. The van der Waals surface area contributed by atoms with Crippen LogP contribution in [0.4, 0.5) is 0 Å². The average Bonchev–Trinajstić information content (AvgIpc) is 2.27. The summed E-state index contributed by atoms with van der Waals surface area (Å²) in [4.78, 5) is 16.6. The normalized spacial score (nSPS) is 23.6. The third-order valence-corrected chi connectivity index (χ3v) is 3.78. The second-order valence-electron chi connectivity index (χ2n) is 4.97. The van der Waals surface area contributed by atoms with Gasteiger partial charge in [-0.15, -0.1) is 0 Å². The van der Waals surface area contributed by atoms with Crippen LogP contribution in [0.2, 0.25) is 0 Å². The molecule has 1 fully saturated rings. The van der Waals surface area contributed by atoms with Crippen LogP contribution in [0.5, 0.6) is 0 Å². The average molecular weight is 227 g/mol. The number of carbonyl (C=O) groups is 1. The lowest BCUT2D eigenvalue weighted by atomic mass is 9.91. The maximum atomic E-state index is 12.4. The summed E-state index contributed by atoms with van der Waals surface area (Å²) in [6.07, 6.45) is 1.42. The zero-order valence-electron chi connectivity index (χ0n) is 11.0. The van der Waals surface area contributed by atoms with Crippen molar-refractivity contribution < 1.29 is 4.79 Å². The highest BCUT2D eigenvalue weighted by molar-refractivity contribution is 5.86. The number of hydrogen-bond acceptors (Lipinski definition) is 3. The second kappa shape index (κ2) is 5.15. The summed E-state index contributed by atoms with van der Waals surface area (Å²) in [5.41, 5.74) is 5.50. The van der Waals surface area contributed by atoms with Crippen LogP contribution in [0.15, 0.2) is 0 Å². The Bertz CT molecular complexity index is 251. The van der Waals surface area contributed by atoms with Crippen LogP contribution in [-0.4, -0.2) is 54.0 Å². The Labute approximate surface area is 98.8 Å². The molecule has 0 saturated carbocycles. The molecule has 0 aromatic heterocycles. The first kappa shape index (κ1) is 13.5. The SMILES string of the molecule is CCC(N)(CC)C(=O)N1CCN(C)CC1C. The van der Waals surface area contributed by atoms with Crippen molar-refractivity contribution in [3.05, 3.63) is 0 Å². The molecule has 1 saturated heterocycles. The van der Waals surface area contributed by atoms with E-state index in [9.17, 15) is 4.79 Å². The first-order valence-corrected chi connectivity index (χ1v) is 6.23. The van der Waals surface area contributed by atoms with E-state index in [1.54, 1.807) is 0 Å². The summed E-state index contributed by atoms with van der Waals surface area (Å²) in [5.74, 6) is 0.123. The molecule has 1 rings (SSSR count).